The molecule has 4 atom stereocenters. The van der Waals surface area contributed by atoms with Crippen molar-refractivity contribution in [3.63, 3.8) is 0 Å². The first-order valence-electron chi connectivity index (χ1n) is 7.62. The van der Waals surface area contributed by atoms with Gasteiger partial charge in [0.05, 0.1) is 20.1 Å². The Morgan fingerprint density at radius 2 is 2.14 bits per heavy atom. The van der Waals surface area contributed by atoms with E-state index in [0.717, 1.165) is 17.5 Å². The summed E-state index contributed by atoms with van der Waals surface area (Å²) >= 11 is 0. The van der Waals surface area contributed by atoms with Gasteiger partial charge >= 0.3 is 5.97 Å². The summed E-state index contributed by atoms with van der Waals surface area (Å²) in [7, 11) is 3.02. The molecule has 1 saturated carbocycles. The fourth-order valence-electron chi connectivity index (χ4n) is 4.38. The highest BCUT2D eigenvalue weighted by atomic mass is 16.5. The molecule has 0 unspecified atom stereocenters. The van der Waals surface area contributed by atoms with E-state index in [1.165, 1.54) is 7.11 Å². The third-order valence-corrected chi connectivity index (χ3v) is 5.34. The lowest BCUT2D eigenvalue weighted by Crippen LogP contribution is -2.45. The van der Waals surface area contributed by atoms with Crippen LogP contribution in [0.5, 0.6) is 11.5 Å². The first kappa shape index (κ1) is 13.6. The van der Waals surface area contributed by atoms with E-state index in [9.17, 15) is 9.59 Å². The molecule has 0 spiro atoms. The summed E-state index contributed by atoms with van der Waals surface area (Å²) in [6.07, 6.45) is 1.35. The van der Waals surface area contributed by atoms with Gasteiger partial charge in [0.15, 0.2) is 23.4 Å². The van der Waals surface area contributed by atoms with Crippen LogP contribution in [0.2, 0.25) is 0 Å². The van der Waals surface area contributed by atoms with Crippen LogP contribution >= 0.6 is 0 Å². The first-order valence-corrected chi connectivity index (χ1v) is 7.62. The summed E-state index contributed by atoms with van der Waals surface area (Å²) in [4.78, 5) is 24.5. The SMILES string of the molecule is COC(=O)[C@H]1Cc2ccc(OC)c3c2[C@H]2[C@@H]1CCC(=O)[C@H]2O3. The van der Waals surface area contributed by atoms with Crippen LogP contribution < -0.4 is 9.47 Å². The summed E-state index contributed by atoms with van der Waals surface area (Å²) in [6.45, 7) is 0. The highest BCUT2D eigenvalue weighted by Crippen LogP contribution is 2.57. The number of Topliss-reactive ketones (excluding diaryl/α,β-unsaturated/α-hetero) is 1. The highest BCUT2D eigenvalue weighted by molar-refractivity contribution is 5.88. The summed E-state index contributed by atoms with van der Waals surface area (Å²) < 4.78 is 16.3. The van der Waals surface area contributed by atoms with Gasteiger partial charge in [-0.2, -0.15) is 0 Å². The summed E-state index contributed by atoms with van der Waals surface area (Å²) in [5, 5.41) is 0. The van der Waals surface area contributed by atoms with Crippen LogP contribution in [0.3, 0.4) is 0 Å². The molecule has 2 aliphatic carbocycles. The number of rotatable bonds is 2. The molecular formula is C17H18O5. The summed E-state index contributed by atoms with van der Waals surface area (Å²) in [6, 6.07) is 3.83. The lowest BCUT2D eigenvalue weighted by Gasteiger charge is -2.39. The Morgan fingerprint density at radius 3 is 2.86 bits per heavy atom. The van der Waals surface area contributed by atoms with Gasteiger partial charge in [0.25, 0.3) is 0 Å². The van der Waals surface area contributed by atoms with Gasteiger partial charge in [-0.3, -0.25) is 9.59 Å². The number of methoxy groups -OCH3 is 2. The molecule has 0 bridgehead atoms. The van der Waals surface area contributed by atoms with Crippen molar-refractivity contribution in [1.29, 1.82) is 0 Å². The highest BCUT2D eigenvalue weighted by Gasteiger charge is 2.54. The van der Waals surface area contributed by atoms with E-state index in [2.05, 4.69) is 0 Å². The van der Waals surface area contributed by atoms with Crippen molar-refractivity contribution in [3.8, 4) is 11.5 Å². The second-order valence-corrected chi connectivity index (χ2v) is 6.24. The van der Waals surface area contributed by atoms with Crippen molar-refractivity contribution in [1.82, 2.24) is 0 Å². The van der Waals surface area contributed by atoms with E-state index in [-0.39, 0.29) is 29.5 Å². The standard InChI is InChI=1S/C17H18O5/c1-20-12-6-3-8-7-10(17(19)21-2)9-4-5-11(18)15-14(9)13(8)16(12)22-15/h3,6,9-10,14-15H,4-5,7H2,1-2H3/t9-,10+,14-,15-/m1/s1. The van der Waals surface area contributed by atoms with Gasteiger partial charge in [0, 0.05) is 17.9 Å². The topological polar surface area (TPSA) is 61.8 Å². The molecule has 22 heavy (non-hydrogen) atoms. The quantitative estimate of drug-likeness (QED) is 0.780. The molecule has 0 amide bonds. The predicted octanol–water partition coefficient (Wildman–Crippen LogP) is 1.86. The molecule has 5 heteroatoms. The van der Waals surface area contributed by atoms with Crippen molar-refractivity contribution in [2.75, 3.05) is 14.2 Å². The van der Waals surface area contributed by atoms with Crippen LogP contribution in [0.1, 0.15) is 29.9 Å². The molecule has 1 heterocycles. The lowest BCUT2D eigenvalue weighted by atomic mass is 9.62. The van der Waals surface area contributed by atoms with Crippen molar-refractivity contribution in [2.24, 2.45) is 11.8 Å². The van der Waals surface area contributed by atoms with Crippen LogP contribution in [0.15, 0.2) is 12.1 Å². The van der Waals surface area contributed by atoms with Gasteiger partial charge in [-0.05, 0) is 30.4 Å². The Balaban J connectivity index is 1.88. The molecule has 0 saturated heterocycles. The average Bonchev–Trinajstić information content (AvgIpc) is 2.95. The molecule has 0 radical (unpaired) electrons. The smallest absolute Gasteiger partial charge is 0.309 e. The molecule has 5 nitrogen and oxygen atoms in total. The first-order chi connectivity index (χ1) is 10.7. The van der Waals surface area contributed by atoms with Crippen LogP contribution in [-0.2, 0) is 20.7 Å². The number of carbonyl (C=O) groups is 2. The van der Waals surface area contributed by atoms with Crippen LogP contribution in [0, 0.1) is 11.8 Å². The maximum absolute atomic E-state index is 12.3. The van der Waals surface area contributed by atoms with E-state index in [1.54, 1.807) is 7.11 Å². The van der Waals surface area contributed by atoms with Crippen molar-refractivity contribution < 1.29 is 23.8 Å². The summed E-state index contributed by atoms with van der Waals surface area (Å²) in [5.41, 5.74) is 2.15. The zero-order valence-electron chi connectivity index (χ0n) is 12.6. The van der Waals surface area contributed by atoms with Crippen molar-refractivity contribution >= 4 is 11.8 Å². The Hall–Kier alpha value is -2.04. The number of benzene rings is 1. The van der Waals surface area contributed by atoms with Crippen LogP contribution in [0.4, 0.5) is 0 Å². The molecule has 1 aromatic rings. The molecule has 0 N–H and O–H groups in total. The number of ether oxygens (including phenoxy) is 3. The molecule has 116 valence electrons. The third kappa shape index (κ3) is 1.65. The van der Waals surface area contributed by atoms with E-state index < -0.39 is 6.10 Å². The molecule has 0 aromatic heterocycles. The maximum atomic E-state index is 12.3. The average molecular weight is 302 g/mol. The molecule has 4 rings (SSSR count). The second-order valence-electron chi connectivity index (χ2n) is 6.24. The number of hydrogen-bond donors (Lipinski definition) is 0. The number of hydrogen-bond acceptors (Lipinski definition) is 5. The van der Waals surface area contributed by atoms with Crippen molar-refractivity contribution in [3.05, 3.63) is 23.3 Å². The zero-order valence-corrected chi connectivity index (χ0v) is 12.6. The fraction of sp³-hybridized carbons (Fsp3) is 0.529. The van der Waals surface area contributed by atoms with E-state index >= 15 is 0 Å². The Bertz CT molecular complexity index is 665. The maximum Gasteiger partial charge on any atom is 0.309 e. The minimum atomic E-state index is -0.476. The second kappa shape index (κ2) is 4.73. The molecule has 3 aliphatic rings. The fourth-order valence-corrected chi connectivity index (χ4v) is 4.38. The van der Waals surface area contributed by atoms with Gasteiger partial charge in [-0.15, -0.1) is 0 Å². The van der Waals surface area contributed by atoms with E-state index in [0.29, 0.717) is 24.3 Å². The van der Waals surface area contributed by atoms with Gasteiger partial charge in [0.2, 0.25) is 0 Å². The molecule has 1 fully saturated rings. The predicted molar refractivity (Wildman–Crippen MR) is 77.1 cm³/mol. The minimum Gasteiger partial charge on any atom is -0.493 e. The largest absolute Gasteiger partial charge is 0.493 e. The minimum absolute atomic E-state index is 0.0424. The van der Waals surface area contributed by atoms with E-state index in [1.807, 2.05) is 12.1 Å². The van der Waals surface area contributed by atoms with Gasteiger partial charge in [0.1, 0.15) is 0 Å². The monoisotopic (exact) mass is 302 g/mol. The lowest BCUT2D eigenvalue weighted by molar-refractivity contribution is -0.150. The van der Waals surface area contributed by atoms with Crippen LogP contribution in [0.25, 0.3) is 0 Å². The van der Waals surface area contributed by atoms with Gasteiger partial charge in [-0.1, -0.05) is 6.07 Å². The normalized spacial score (nSPS) is 31.3. The van der Waals surface area contributed by atoms with Crippen LogP contribution in [-0.4, -0.2) is 32.1 Å². The molecule has 1 aromatic carbocycles. The molecular weight excluding hydrogens is 284 g/mol. The Morgan fingerprint density at radius 1 is 1.32 bits per heavy atom. The number of ketones is 1. The number of esters is 1. The molecule has 1 aliphatic heterocycles. The number of carbonyl (C=O) groups excluding carboxylic acids is 2. The third-order valence-electron chi connectivity index (χ3n) is 5.34. The van der Waals surface area contributed by atoms with E-state index in [4.69, 9.17) is 14.2 Å². The summed E-state index contributed by atoms with van der Waals surface area (Å²) in [5.74, 6) is 1.16. The zero-order chi connectivity index (χ0) is 15.4. The van der Waals surface area contributed by atoms with Gasteiger partial charge < -0.3 is 14.2 Å². The Kier molecular flexibility index (Phi) is 2.93. The van der Waals surface area contributed by atoms with Crippen molar-refractivity contribution in [2.45, 2.75) is 31.3 Å². The van der Waals surface area contributed by atoms with Gasteiger partial charge in [-0.25, -0.2) is 0 Å². The Labute approximate surface area is 128 Å².